The zero-order chi connectivity index (χ0) is 21.0. The van der Waals surface area contributed by atoms with E-state index in [4.69, 9.17) is 18.9 Å². The zero-order valence-electron chi connectivity index (χ0n) is 16.6. The highest BCUT2D eigenvalue weighted by Gasteiger charge is 2.38. The van der Waals surface area contributed by atoms with Gasteiger partial charge in [-0.05, 0) is 29.8 Å². The molecule has 156 valence electrons. The first kappa shape index (κ1) is 20.9. The van der Waals surface area contributed by atoms with Gasteiger partial charge in [0.2, 0.25) is 0 Å². The molecule has 2 aromatic carbocycles. The molecule has 1 aliphatic heterocycles. The molecule has 2 aromatic rings. The van der Waals surface area contributed by atoms with Gasteiger partial charge in [-0.15, -0.1) is 0 Å². The van der Waals surface area contributed by atoms with E-state index < -0.39 is 23.9 Å². The maximum atomic E-state index is 14.1. The van der Waals surface area contributed by atoms with Crippen LogP contribution in [-0.4, -0.2) is 63.1 Å². The van der Waals surface area contributed by atoms with Crippen LogP contribution in [0.4, 0.5) is 4.39 Å². The van der Waals surface area contributed by atoms with Gasteiger partial charge >= 0.3 is 0 Å². The van der Waals surface area contributed by atoms with Gasteiger partial charge in [-0.3, -0.25) is 4.79 Å². The zero-order valence-corrected chi connectivity index (χ0v) is 16.6. The number of nitrogens with zero attached hydrogens (tertiary/aromatic N) is 1. The Kier molecular flexibility index (Phi) is 6.56. The van der Waals surface area contributed by atoms with Crippen LogP contribution in [0.5, 0.6) is 17.2 Å². The van der Waals surface area contributed by atoms with Crippen LogP contribution in [0.2, 0.25) is 0 Å². The number of amides is 1. The molecule has 7 nitrogen and oxygen atoms in total. The number of benzene rings is 2. The van der Waals surface area contributed by atoms with Crippen molar-refractivity contribution < 1.29 is 33.2 Å². The summed E-state index contributed by atoms with van der Waals surface area (Å²) in [6.07, 6.45) is -0.648. The maximum absolute atomic E-state index is 14.1. The van der Waals surface area contributed by atoms with Gasteiger partial charge in [0.25, 0.3) is 5.91 Å². The fourth-order valence-corrected chi connectivity index (χ4v) is 3.58. The van der Waals surface area contributed by atoms with Crippen LogP contribution in [0, 0.1) is 5.82 Å². The lowest BCUT2D eigenvalue weighted by molar-refractivity contribution is -0.0812. The van der Waals surface area contributed by atoms with Crippen LogP contribution in [0.3, 0.4) is 0 Å². The van der Waals surface area contributed by atoms with E-state index >= 15 is 0 Å². The Bertz CT molecular complexity index is 874. The molecule has 1 fully saturated rings. The summed E-state index contributed by atoms with van der Waals surface area (Å²) in [4.78, 5) is 14.9. The lowest BCUT2D eigenvalue weighted by atomic mass is 9.96. The third-order valence-electron chi connectivity index (χ3n) is 4.94. The number of hydrogen-bond donors (Lipinski definition) is 1. The molecule has 1 N–H and O–H groups in total. The number of halogens is 1. The fraction of sp³-hybridized carbons (Fsp3) is 0.381. The number of carbonyl (C=O) groups is 1. The first-order valence-corrected chi connectivity index (χ1v) is 9.13. The lowest BCUT2D eigenvalue weighted by Gasteiger charge is -2.41. The summed E-state index contributed by atoms with van der Waals surface area (Å²) < 4.78 is 35.6. The second-order valence-corrected chi connectivity index (χ2v) is 6.47. The average molecular weight is 405 g/mol. The number of rotatable bonds is 6. The summed E-state index contributed by atoms with van der Waals surface area (Å²) in [7, 11) is 4.36. The molecular formula is C21H24FNO6. The number of para-hydroxylation sites is 1. The van der Waals surface area contributed by atoms with Gasteiger partial charge in [-0.1, -0.05) is 12.1 Å². The minimum absolute atomic E-state index is 0.108. The predicted molar refractivity (Wildman–Crippen MR) is 103 cm³/mol. The Balaban J connectivity index is 2.05. The summed E-state index contributed by atoms with van der Waals surface area (Å²) in [5.41, 5.74) is 0.807. The van der Waals surface area contributed by atoms with Gasteiger partial charge in [0.05, 0.1) is 46.1 Å². The summed E-state index contributed by atoms with van der Waals surface area (Å²) in [5.74, 6) is -0.118. The van der Waals surface area contributed by atoms with E-state index in [9.17, 15) is 14.3 Å². The second kappa shape index (κ2) is 9.11. The van der Waals surface area contributed by atoms with E-state index in [-0.39, 0.29) is 31.1 Å². The van der Waals surface area contributed by atoms with Gasteiger partial charge in [-0.2, -0.15) is 0 Å². The number of aliphatic hydroxyl groups is 1. The van der Waals surface area contributed by atoms with Crippen molar-refractivity contribution in [2.24, 2.45) is 0 Å². The van der Waals surface area contributed by atoms with Gasteiger partial charge in [0.15, 0.2) is 23.1 Å². The second-order valence-electron chi connectivity index (χ2n) is 6.47. The summed E-state index contributed by atoms with van der Waals surface area (Å²) in [6, 6.07) is 8.85. The van der Waals surface area contributed by atoms with Crippen LogP contribution in [0.1, 0.15) is 22.0 Å². The molecule has 3 rings (SSSR count). The molecule has 1 heterocycles. The van der Waals surface area contributed by atoms with E-state index in [1.54, 1.807) is 23.1 Å². The Labute approximate surface area is 168 Å². The summed E-state index contributed by atoms with van der Waals surface area (Å²) >= 11 is 0. The van der Waals surface area contributed by atoms with E-state index in [0.717, 1.165) is 0 Å². The number of methoxy groups -OCH3 is 3. The largest absolute Gasteiger partial charge is 0.493 e. The molecule has 29 heavy (non-hydrogen) atoms. The molecule has 0 spiro atoms. The van der Waals surface area contributed by atoms with Crippen molar-refractivity contribution in [3.8, 4) is 17.2 Å². The van der Waals surface area contributed by atoms with Crippen LogP contribution in [0.15, 0.2) is 36.4 Å². The topological polar surface area (TPSA) is 77.5 Å². The number of aliphatic hydroxyl groups excluding tert-OH is 1. The third-order valence-corrected chi connectivity index (χ3v) is 4.94. The lowest BCUT2D eigenvalue weighted by Crippen LogP contribution is -2.49. The molecule has 1 amide bonds. The molecule has 0 aromatic heterocycles. The highest BCUT2D eigenvalue weighted by molar-refractivity contribution is 5.97. The first-order chi connectivity index (χ1) is 14.0. The van der Waals surface area contributed by atoms with Gasteiger partial charge in [0.1, 0.15) is 6.10 Å². The van der Waals surface area contributed by atoms with Crippen molar-refractivity contribution in [2.75, 3.05) is 41.1 Å². The Morgan fingerprint density at radius 1 is 1.17 bits per heavy atom. The molecule has 0 radical (unpaired) electrons. The van der Waals surface area contributed by atoms with Crippen LogP contribution in [0.25, 0.3) is 0 Å². The molecule has 0 aliphatic carbocycles. The minimum Gasteiger partial charge on any atom is -0.493 e. The van der Waals surface area contributed by atoms with Crippen molar-refractivity contribution in [1.82, 2.24) is 4.90 Å². The monoisotopic (exact) mass is 405 g/mol. The van der Waals surface area contributed by atoms with E-state index in [2.05, 4.69) is 0 Å². The number of morpholine rings is 1. The van der Waals surface area contributed by atoms with Crippen LogP contribution < -0.4 is 14.2 Å². The SMILES string of the molecule is COc1ccc([C@@H]2[C@@H](CO)OCCN2C(=O)c2cccc(F)c2OC)cc1OC. The van der Waals surface area contributed by atoms with Crippen molar-refractivity contribution in [2.45, 2.75) is 12.1 Å². The Hall–Kier alpha value is -2.84. The first-order valence-electron chi connectivity index (χ1n) is 9.13. The average Bonchev–Trinajstić information content (AvgIpc) is 2.77. The van der Waals surface area contributed by atoms with E-state index in [0.29, 0.717) is 17.1 Å². The molecule has 0 bridgehead atoms. The van der Waals surface area contributed by atoms with Gasteiger partial charge < -0.3 is 29.0 Å². The van der Waals surface area contributed by atoms with Gasteiger partial charge in [0, 0.05) is 6.54 Å². The van der Waals surface area contributed by atoms with E-state index in [1.165, 1.54) is 39.5 Å². The van der Waals surface area contributed by atoms with E-state index in [1.807, 2.05) is 0 Å². The Morgan fingerprint density at radius 2 is 1.93 bits per heavy atom. The maximum Gasteiger partial charge on any atom is 0.258 e. The number of ether oxygens (including phenoxy) is 4. The molecule has 0 saturated carbocycles. The molecule has 1 saturated heterocycles. The highest BCUT2D eigenvalue weighted by atomic mass is 19.1. The fourth-order valence-electron chi connectivity index (χ4n) is 3.58. The van der Waals surface area contributed by atoms with Crippen molar-refractivity contribution in [3.05, 3.63) is 53.3 Å². The molecule has 2 atom stereocenters. The molecule has 8 heteroatoms. The van der Waals surface area contributed by atoms with Crippen LogP contribution >= 0.6 is 0 Å². The summed E-state index contributed by atoms with van der Waals surface area (Å²) in [6.45, 7) is 0.232. The summed E-state index contributed by atoms with van der Waals surface area (Å²) in [5, 5.41) is 9.86. The molecule has 1 aliphatic rings. The van der Waals surface area contributed by atoms with Crippen molar-refractivity contribution in [1.29, 1.82) is 0 Å². The third kappa shape index (κ3) is 3.99. The van der Waals surface area contributed by atoms with Crippen molar-refractivity contribution in [3.63, 3.8) is 0 Å². The smallest absolute Gasteiger partial charge is 0.258 e. The number of carbonyl (C=O) groups excluding carboxylic acids is 1. The molecule has 0 unspecified atom stereocenters. The normalized spacial score (nSPS) is 19.0. The minimum atomic E-state index is -0.648. The van der Waals surface area contributed by atoms with Crippen LogP contribution in [-0.2, 0) is 4.74 Å². The highest BCUT2D eigenvalue weighted by Crippen LogP contribution is 2.37. The quantitative estimate of drug-likeness (QED) is 0.796. The predicted octanol–water partition coefficient (Wildman–Crippen LogP) is 2.43. The Morgan fingerprint density at radius 3 is 2.59 bits per heavy atom. The van der Waals surface area contributed by atoms with Crippen molar-refractivity contribution >= 4 is 5.91 Å². The van der Waals surface area contributed by atoms with Gasteiger partial charge in [-0.25, -0.2) is 4.39 Å². The number of hydrogen-bond acceptors (Lipinski definition) is 6. The standard InChI is InChI=1S/C21H24FNO6/c1-26-16-8-7-13(11-17(16)27-2)19-18(12-24)29-10-9-23(19)21(25)14-5-4-6-15(22)20(14)28-3/h4-8,11,18-19,24H,9-10,12H2,1-3H3/t18-,19-/m1/s1. The molecular weight excluding hydrogens is 381 g/mol.